The number of aromatic nitrogens is 1. The lowest BCUT2D eigenvalue weighted by molar-refractivity contribution is -0.139. The molecule has 1 aromatic heterocycles. The van der Waals surface area contributed by atoms with E-state index in [9.17, 15) is 14.4 Å². The molecule has 1 amide bonds. The highest BCUT2D eigenvalue weighted by Gasteiger charge is 2.37. The number of ether oxygens (including phenoxy) is 3. The van der Waals surface area contributed by atoms with E-state index >= 15 is 0 Å². The zero-order valence-electron chi connectivity index (χ0n) is 21.7. The molecule has 10 heteroatoms. The topological polar surface area (TPSA) is 99.4 Å². The minimum Gasteiger partial charge on any atom is -0.493 e. The van der Waals surface area contributed by atoms with E-state index in [4.69, 9.17) is 14.2 Å². The Morgan fingerprint density at radius 3 is 2.47 bits per heavy atom. The Morgan fingerprint density at radius 2 is 1.79 bits per heavy atom. The number of hydrogen-bond acceptors (Lipinski definition) is 8. The molecule has 1 atom stereocenters. The number of fused-ring (bicyclic) bond motifs is 2. The molecule has 9 nitrogen and oxygen atoms in total. The second kappa shape index (κ2) is 9.94. The van der Waals surface area contributed by atoms with Crippen molar-refractivity contribution in [3.8, 4) is 11.5 Å². The fourth-order valence-electron chi connectivity index (χ4n) is 4.99. The molecular formula is C28H27N3O6S. The number of anilines is 1. The average molecular weight is 534 g/mol. The van der Waals surface area contributed by atoms with Crippen LogP contribution in [-0.4, -0.2) is 43.8 Å². The molecule has 2 aliphatic heterocycles. The highest BCUT2D eigenvalue weighted by molar-refractivity contribution is 7.07. The highest BCUT2D eigenvalue weighted by Crippen LogP contribution is 2.37. The van der Waals surface area contributed by atoms with Gasteiger partial charge in [0.15, 0.2) is 16.3 Å². The minimum absolute atomic E-state index is 0.168. The molecule has 0 saturated heterocycles. The summed E-state index contributed by atoms with van der Waals surface area (Å²) in [6.45, 7) is 5.97. The molecule has 0 bridgehead atoms. The summed E-state index contributed by atoms with van der Waals surface area (Å²) in [7, 11) is 3.05. The van der Waals surface area contributed by atoms with Crippen LogP contribution in [0.25, 0.3) is 5.57 Å². The van der Waals surface area contributed by atoms with Crippen molar-refractivity contribution in [3.05, 3.63) is 84.5 Å². The van der Waals surface area contributed by atoms with Crippen LogP contribution in [0.3, 0.4) is 0 Å². The summed E-state index contributed by atoms with van der Waals surface area (Å²) >= 11 is 1.14. The SMILES string of the molecule is CCOC(=O)C1=C(C)N=c2sc(=C3C(=O)N(CC)c4ccccc43)c(=O)n2[C@@H]1c1ccc(OC)c(OC)c1. The molecule has 0 unspecified atom stereocenters. The van der Waals surface area contributed by atoms with Crippen LogP contribution in [0.4, 0.5) is 5.69 Å². The van der Waals surface area contributed by atoms with Gasteiger partial charge in [0.1, 0.15) is 4.53 Å². The fourth-order valence-corrected chi connectivity index (χ4v) is 6.13. The lowest BCUT2D eigenvalue weighted by atomic mass is 9.95. The first-order chi connectivity index (χ1) is 18.4. The molecule has 0 radical (unpaired) electrons. The highest BCUT2D eigenvalue weighted by atomic mass is 32.1. The summed E-state index contributed by atoms with van der Waals surface area (Å²) < 4.78 is 18.0. The summed E-state index contributed by atoms with van der Waals surface area (Å²) in [6.07, 6.45) is 0. The number of benzene rings is 2. The normalized spacial score (nSPS) is 17.7. The van der Waals surface area contributed by atoms with Crippen molar-refractivity contribution in [2.75, 3.05) is 32.3 Å². The van der Waals surface area contributed by atoms with Crippen LogP contribution in [0, 0.1) is 0 Å². The number of hydrogen-bond donors (Lipinski definition) is 0. The number of para-hydroxylation sites is 1. The third-order valence-corrected chi connectivity index (χ3v) is 7.74. The second-order valence-electron chi connectivity index (χ2n) is 8.68. The van der Waals surface area contributed by atoms with E-state index in [1.807, 2.05) is 31.2 Å². The number of carbonyl (C=O) groups is 2. The van der Waals surface area contributed by atoms with Crippen molar-refractivity contribution in [1.82, 2.24) is 4.57 Å². The van der Waals surface area contributed by atoms with Crippen molar-refractivity contribution in [1.29, 1.82) is 0 Å². The molecule has 0 fully saturated rings. The van der Waals surface area contributed by atoms with E-state index in [1.54, 1.807) is 36.9 Å². The third kappa shape index (κ3) is 3.83. The first-order valence-electron chi connectivity index (χ1n) is 12.2. The van der Waals surface area contributed by atoms with Gasteiger partial charge in [0.05, 0.1) is 49.4 Å². The van der Waals surface area contributed by atoms with E-state index in [0.717, 1.165) is 17.0 Å². The van der Waals surface area contributed by atoms with Crippen LogP contribution >= 0.6 is 11.3 Å². The molecule has 196 valence electrons. The number of thiazole rings is 1. The van der Waals surface area contributed by atoms with E-state index in [-0.39, 0.29) is 22.6 Å². The number of rotatable bonds is 6. The third-order valence-electron chi connectivity index (χ3n) is 6.68. The predicted molar refractivity (Wildman–Crippen MR) is 143 cm³/mol. The largest absolute Gasteiger partial charge is 0.493 e. The van der Waals surface area contributed by atoms with Crippen molar-refractivity contribution in [2.24, 2.45) is 4.99 Å². The minimum atomic E-state index is -0.839. The standard InChI is InChI=1S/C28H27N3O6S/c1-6-30-18-11-9-8-10-17(18)22(25(30)32)24-26(33)31-23(16-12-13-19(35-4)20(14-16)36-5)21(27(34)37-7-2)15(3)29-28(31)38-24/h8-14,23H,6-7H2,1-5H3/t23-/m1/s1. The molecule has 38 heavy (non-hydrogen) atoms. The van der Waals surface area contributed by atoms with Gasteiger partial charge in [-0.3, -0.25) is 14.2 Å². The Balaban J connectivity index is 1.83. The summed E-state index contributed by atoms with van der Waals surface area (Å²) in [5, 5.41) is 0. The first-order valence-corrected chi connectivity index (χ1v) is 13.0. The molecule has 0 aliphatic carbocycles. The summed E-state index contributed by atoms with van der Waals surface area (Å²) in [6, 6.07) is 11.8. The zero-order valence-corrected chi connectivity index (χ0v) is 22.5. The van der Waals surface area contributed by atoms with Crippen molar-refractivity contribution in [2.45, 2.75) is 26.8 Å². The predicted octanol–water partition coefficient (Wildman–Crippen LogP) is 2.55. The molecule has 3 heterocycles. The van der Waals surface area contributed by atoms with Gasteiger partial charge in [-0.1, -0.05) is 35.6 Å². The molecule has 5 rings (SSSR count). The summed E-state index contributed by atoms with van der Waals surface area (Å²) in [4.78, 5) is 47.5. The number of allylic oxidation sites excluding steroid dienone is 1. The molecule has 0 spiro atoms. The maximum absolute atomic E-state index is 14.1. The van der Waals surface area contributed by atoms with Gasteiger partial charge in [0.2, 0.25) is 0 Å². The van der Waals surface area contributed by atoms with E-state index < -0.39 is 17.6 Å². The van der Waals surface area contributed by atoms with Gasteiger partial charge in [-0.2, -0.15) is 0 Å². The molecular weight excluding hydrogens is 506 g/mol. The molecule has 0 saturated carbocycles. The lowest BCUT2D eigenvalue weighted by Gasteiger charge is -2.25. The summed E-state index contributed by atoms with van der Waals surface area (Å²) in [5.41, 5.74) is 2.71. The van der Waals surface area contributed by atoms with Crippen LogP contribution in [0.2, 0.25) is 0 Å². The smallest absolute Gasteiger partial charge is 0.338 e. The van der Waals surface area contributed by atoms with Crippen molar-refractivity contribution >= 4 is 34.5 Å². The Bertz CT molecular complexity index is 1680. The Kier molecular flexibility index (Phi) is 6.66. The fraction of sp³-hybridized carbons (Fsp3) is 0.286. The number of likely N-dealkylation sites (N-methyl/N-ethyl adjacent to an activating group) is 1. The number of carbonyl (C=O) groups excluding carboxylic acids is 2. The Hall–Kier alpha value is -4.18. The average Bonchev–Trinajstić information content (AvgIpc) is 3.39. The Morgan fingerprint density at radius 1 is 1.05 bits per heavy atom. The number of esters is 1. The molecule has 3 aromatic rings. The van der Waals surface area contributed by atoms with Crippen LogP contribution < -0.4 is 29.3 Å². The zero-order chi connectivity index (χ0) is 27.1. The van der Waals surface area contributed by atoms with Crippen LogP contribution in [0.5, 0.6) is 11.5 Å². The van der Waals surface area contributed by atoms with Crippen LogP contribution in [0.1, 0.15) is 37.9 Å². The number of nitrogens with zero attached hydrogens (tertiary/aromatic N) is 3. The van der Waals surface area contributed by atoms with Gasteiger partial charge < -0.3 is 19.1 Å². The quantitative estimate of drug-likeness (QED) is 0.452. The first kappa shape index (κ1) is 25.5. The number of methoxy groups -OCH3 is 2. The molecule has 2 aromatic carbocycles. The van der Waals surface area contributed by atoms with Crippen LogP contribution in [-0.2, 0) is 14.3 Å². The maximum Gasteiger partial charge on any atom is 0.338 e. The van der Waals surface area contributed by atoms with E-state index in [1.165, 1.54) is 18.8 Å². The van der Waals surface area contributed by atoms with Gasteiger partial charge in [-0.15, -0.1) is 0 Å². The van der Waals surface area contributed by atoms with Gasteiger partial charge in [-0.05, 0) is 44.5 Å². The lowest BCUT2D eigenvalue weighted by Crippen LogP contribution is -2.41. The molecule has 0 N–H and O–H groups in total. The van der Waals surface area contributed by atoms with E-state index in [0.29, 0.717) is 45.2 Å². The van der Waals surface area contributed by atoms with Gasteiger partial charge in [-0.25, -0.2) is 9.79 Å². The van der Waals surface area contributed by atoms with Gasteiger partial charge in [0, 0.05) is 12.1 Å². The van der Waals surface area contributed by atoms with Crippen molar-refractivity contribution < 1.29 is 23.8 Å². The number of amides is 1. The Labute approximate surface area is 222 Å². The van der Waals surface area contributed by atoms with E-state index in [2.05, 4.69) is 4.99 Å². The summed E-state index contributed by atoms with van der Waals surface area (Å²) in [5.74, 6) is 0.164. The van der Waals surface area contributed by atoms with Gasteiger partial charge in [0.25, 0.3) is 11.5 Å². The van der Waals surface area contributed by atoms with Crippen molar-refractivity contribution in [3.63, 3.8) is 0 Å². The van der Waals surface area contributed by atoms with Crippen LogP contribution in [0.15, 0.2) is 63.5 Å². The second-order valence-corrected chi connectivity index (χ2v) is 9.66. The maximum atomic E-state index is 14.1. The monoisotopic (exact) mass is 533 g/mol. The molecule has 2 aliphatic rings. The van der Waals surface area contributed by atoms with Gasteiger partial charge >= 0.3 is 5.97 Å².